The van der Waals surface area contributed by atoms with Gasteiger partial charge in [-0.3, -0.25) is 4.79 Å². The number of nitrogens with zero attached hydrogens (tertiary/aromatic N) is 1. The number of nitrogens with one attached hydrogen (secondary N) is 1. The number of benzene rings is 2. The van der Waals surface area contributed by atoms with Crippen molar-refractivity contribution < 1.29 is 19.0 Å². The SMILES string of the molecule is COc1cccc(CCNC(=O)CC#N)c1OCCOc1ccc(C)c(C)c1. The van der Waals surface area contributed by atoms with Crippen LogP contribution < -0.4 is 19.5 Å². The highest BCUT2D eigenvalue weighted by molar-refractivity contribution is 5.77. The number of hydrogen-bond acceptors (Lipinski definition) is 5. The van der Waals surface area contributed by atoms with E-state index in [-0.39, 0.29) is 12.3 Å². The zero-order valence-electron chi connectivity index (χ0n) is 16.6. The van der Waals surface area contributed by atoms with Crippen LogP contribution in [0.5, 0.6) is 17.2 Å². The number of nitriles is 1. The molecule has 0 fully saturated rings. The maximum absolute atomic E-state index is 11.4. The second kappa shape index (κ2) is 10.8. The van der Waals surface area contributed by atoms with Crippen molar-refractivity contribution in [3.63, 3.8) is 0 Å². The van der Waals surface area contributed by atoms with Crippen molar-refractivity contribution >= 4 is 5.91 Å². The van der Waals surface area contributed by atoms with Gasteiger partial charge in [0.15, 0.2) is 11.5 Å². The lowest BCUT2D eigenvalue weighted by Crippen LogP contribution is -2.25. The predicted octanol–water partition coefficient (Wildman–Crippen LogP) is 3.34. The van der Waals surface area contributed by atoms with Gasteiger partial charge in [0.25, 0.3) is 0 Å². The lowest BCUT2D eigenvalue weighted by molar-refractivity contribution is -0.120. The van der Waals surface area contributed by atoms with E-state index in [1.165, 1.54) is 11.1 Å². The molecule has 148 valence electrons. The molecular weight excluding hydrogens is 356 g/mol. The number of rotatable bonds is 10. The summed E-state index contributed by atoms with van der Waals surface area (Å²) in [5.41, 5.74) is 3.33. The Morgan fingerprint density at radius 3 is 2.61 bits per heavy atom. The monoisotopic (exact) mass is 382 g/mol. The summed E-state index contributed by atoms with van der Waals surface area (Å²) in [4.78, 5) is 11.4. The third-order valence-electron chi connectivity index (χ3n) is 4.31. The smallest absolute Gasteiger partial charge is 0.234 e. The first-order chi connectivity index (χ1) is 13.5. The van der Waals surface area contributed by atoms with Crippen molar-refractivity contribution in [3.8, 4) is 23.3 Å². The van der Waals surface area contributed by atoms with Gasteiger partial charge in [-0.1, -0.05) is 18.2 Å². The summed E-state index contributed by atoms with van der Waals surface area (Å²) in [6, 6.07) is 13.5. The highest BCUT2D eigenvalue weighted by Crippen LogP contribution is 2.31. The number of methoxy groups -OCH3 is 1. The van der Waals surface area contributed by atoms with Crippen LogP contribution in [0.25, 0.3) is 0 Å². The van der Waals surface area contributed by atoms with E-state index in [1.807, 2.05) is 42.5 Å². The second-order valence-electron chi connectivity index (χ2n) is 6.33. The Balaban J connectivity index is 1.92. The van der Waals surface area contributed by atoms with Crippen LogP contribution in [-0.4, -0.2) is 32.8 Å². The maximum Gasteiger partial charge on any atom is 0.234 e. The molecule has 28 heavy (non-hydrogen) atoms. The van der Waals surface area contributed by atoms with Crippen LogP contribution in [-0.2, 0) is 11.2 Å². The summed E-state index contributed by atoms with van der Waals surface area (Å²) in [5.74, 6) is 1.80. The highest BCUT2D eigenvalue weighted by Gasteiger charge is 2.11. The first kappa shape index (κ1) is 21.1. The van der Waals surface area contributed by atoms with Gasteiger partial charge in [0.05, 0.1) is 13.2 Å². The third-order valence-corrected chi connectivity index (χ3v) is 4.31. The topological polar surface area (TPSA) is 80.6 Å². The molecule has 2 aromatic carbocycles. The number of aryl methyl sites for hydroxylation is 2. The minimum atomic E-state index is -0.283. The number of para-hydroxylation sites is 1. The number of ether oxygens (including phenoxy) is 3. The first-order valence-electron chi connectivity index (χ1n) is 9.17. The molecule has 6 heteroatoms. The Kier molecular flexibility index (Phi) is 8.16. The van der Waals surface area contributed by atoms with Gasteiger partial charge in [-0.05, 0) is 55.2 Å². The molecule has 2 rings (SSSR count). The standard InChI is InChI=1S/C22H26N2O4/c1-16-7-8-19(15-17(16)2)27-13-14-28-22-18(5-4-6-20(22)26-3)10-12-24-21(25)9-11-23/h4-8,15H,9-10,12-14H2,1-3H3,(H,24,25). The van der Waals surface area contributed by atoms with Gasteiger partial charge in [-0.25, -0.2) is 0 Å². The number of carbonyl (C=O) groups is 1. The Morgan fingerprint density at radius 2 is 1.89 bits per heavy atom. The molecule has 0 aromatic heterocycles. The van der Waals surface area contributed by atoms with Crippen molar-refractivity contribution in [2.24, 2.45) is 0 Å². The number of amides is 1. The molecule has 1 N–H and O–H groups in total. The first-order valence-corrected chi connectivity index (χ1v) is 9.17. The van der Waals surface area contributed by atoms with Crippen molar-refractivity contribution in [1.29, 1.82) is 5.26 Å². The zero-order valence-corrected chi connectivity index (χ0v) is 16.6. The third kappa shape index (κ3) is 6.20. The molecule has 0 unspecified atom stereocenters. The van der Waals surface area contributed by atoms with Crippen molar-refractivity contribution in [2.75, 3.05) is 26.9 Å². The summed E-state index contributed by atoms with van der Waals surface area (Å²) in [5, 5.41) is 11.3. The van der Waals surface area contributed by atoms with Gasteiger partial charge in [-0.15, -0.1) is 0 Å². The second-order valence-corrected chi connectivity index (χ2v) is 6.33. The molecule has 0 bridgehead atoms. The Bertz CT molecular complexity index is 843. The van der Waals surface area contributed by atoms with E-state index < -0.39 is 0 Å². The van der Waals surface area contributed by atoms with E-state index >= 15 is 0 Å². The van der Waals surface area contributed by atoms with Gasteiger partial charge in [0, 0.05) is 6.54 Å². The summed E-state index contributed by atoms with van der Waals surface area (Å²) < 4.78 is 17.1. The molecule has 0 aliphatic carbocycles. The fraction of sp³-hybridized carbons (Fsp3) is 0.364. The summed E-state index contributed by atoms with van der Waals surface area (Å²) >= 11 is 0. The van der Waals surface area contributed by atoms with Gasteiger partial charge >= 0.3 is 0 Å². The van der Waals surface area contributed by atoms with Crippen LogP contribution in [0.4, 0.5) is 0 Å². The van der Waals surface area contributed by atoms with E-state index in [2.05, 4.69) is 19.2 Å². The lowest BCUT2D eigenvalue weighted by Gasteiger charge is -2.16. The van der Waals surface area contributed by atoms with Crippen LogP contribution >= 0.6 is 0 Å². The molecule has 0 spiro atoms. The highest BCUT2D eigenvalue weighted by atomic mass is 16.5. The van der Waals surface area contributed by atoms with Gasteiger partial charge < -0.3 is 19.5 Å². The zero-order chi connectivity index (χ0) is 20.4. The minimum Gasteiger partial charge on any atom is -0.493 e. The van der Waals surface area contributed by atoms with Crippen LogP contribution in [0.3, 0.4) is 0 Å². The largest absolute Gasteiger partial charge is 0.493 e. The van der Waals surface area contributed by atoms with Crippen molar-refractivity contribution in [1.82, 2.24) is 5.32 Å². The van der Waals surface area contributed by atoms with E-state index in [4.69, 9.17) is 19.5 Å². The molecule has 6 nitrogen and oxygen atoms in total. The van der Waals surface area contributed by atoms with E-state index in [0.717, 1.165) is 11.3 Å². The summed E-state index contributed by atoms with van der Waals surface area (Å²) in [7, 11) is 1.59. The molecule has 0 aliphatic heterocycles. The van der Waals surface area contributed by atoms with E-state index in [9.17, 15) is 4.79 Å². The average molecular weight is 382 g/mol. The molecule has 0 heterocycles. The van der Waals surface area contributed by atoms with Crippen LogP contribution in [0, 0.1) is 25.2 Å². The normalized spacial score (nSPS) is 10.1. The van der Waals surface area contributed by atoms with Crippen molar-refractivity contribution in [2.45, 2.75) is 26.7 Å². The number of hydrogen-bond donors (Lipinski definition) is 1. The predicted molar refractivity (Wildman–Crippen MR) is 107 cm³/mol. The Morgan fingerprint density at radius 1 is 1.11 bits per heavy atom. The quantitative estimate of drug-likeness (QED) is 0.638. The fourth-order valence-corrected chi connectivity index (χ4v) is 2.66. The minimum absolute atomic E-state index is 0.142. The molecular formula is C22H26N2O4. The molecule has 0 saturated carbocycles. The van der Waals surface area contributed by atoms with E-state index in [1.54, 1.807) is 7.11 Å². The molecule has 1 amide bonds. The molecule has 2 aromatic rings. The summed E-state index contributed by atoms with van der Waals surface area (Å²) in [6.07, 6.45) is 0.430. The fourth-order valence-electron chi connectivity index (χ4n) is 2.66. The Hall–Kier alpha value is -3.20. The maximum atomic E-state index is 11.4. The average Bonchev–Trinajstić information content (AvgIpc) is 2.68. The molecule has 0 atom stereocenters. The van der Waals surface area contributed by atoms with Crippen LogP contribution in [0.2, 0.25) is 0 Å². The molecule has 0 aliphatic rings. The molecule has 0 radical (unpaired) electrons. The molecule has 0 saturated heterocycles. The van der Waals surface area contributed by atoms with Crippen molar-refractivity contribution in [3.05, 3.63) is 53.1 Å². The lowest BCUT2D eigenvalue weighted by atomic mass is 10.1. The Labute approximate surface area is 166 Å². The number of carbonyl (C=O) groups excluding carboxylic acids is 1. The summed E-state index contributed by atoms with van der Waals surface area (Å²) in [6.45, 7) is 5.30. The van der Waals surface area contributed by atoms with Gasteiger partial charge in [0.2, 0.25) is 5.91 Å². The van der Waals surface area contributed by atoms with Gasteiger partial charge in [-0.2, -0.15) is 5.26 Å². The van der Waals surface area contributed by atoms with Gasteiger partial charge in [0.1, 0.15) is 25.4 Å². The van der Waals surface area contributed by atoms with Crippen LogP contribution in [0.1, 0.15) is 23.1 Å². The van der Waals surface area contributed by atoms with Crippen LogP contribution in [0.15, 0.2) is 36.4 Å². The van der Waals surface area contributed by atoms with E-state index in [0.29, 0.717) is 37.7 Å².